The number of aliphatic hydroxyl groups is 2. The summed E-state index contributed by atoms with van der Waals surface area (Å²) in [7, 11) is 0. The molecule has 0 unspecified atom stereocenters. The molecule has 0 aliphatic rings. The summed E-state index contributed by atoms with van der Waals surface area (Å²) in [6.45, 7) is 4.56. The van der Waals surface area contributed by atoms with E-state index in [1.165, 1.54) is 154 Å². The van der Waals surface area contributed by atoms with Crippen molar-refractivity contribution in [2.75, 3.05) is 0 Å². The largest absolute Gasteiger partial charge is 0.362 e. The van der Waals surface area contributed by atoms with Crippen LogP contribution in [0.15, 0.2) is 24.3 Å². The summed E-state index contributed by atoms with van der Waals surface area (Å²) in [6, 6.07) is 0. The molecule has 0 aromatic heterocycles. The lowest BCUT2D eigenvalue weighted by molar-refractivity contribution is -0.124. The molecule has 2 heteroatoms. The summed E-state index contributed by atoms with van der Waals surface area (Å²) in [5.74, 6) is -1.62. The Labute approximate surface area is 240 Å². The molecule has 2 N–H and O–H groups in total. The quantitative estimate of drug-likeness (QED) is 0.0527. The van der Waals surface area contributed by atoms with Crippen LogP contribution in [0.3, 0.4) is 0 Å². The summed E-state index contributed by atoms with van der Waals surface area (Å²) in [5.41, 5.74) is 0. The highest BCUT2D eigenvalue weighted by molar-refractivity contribution is 4.93. The van der Waals surface area contributed by atoms with E-state index in [0.717, 1.165) is 25.7 Å². The smallest absolute Gasteiger partial charge is 0.182 e. The molecule has 2 nitrogen and oxygen atoms in total. The second kappa shape index (κ2) is 30.9. The molecule has 0 aromatic rings. The van der Waals surface area contributed by atoms with Crippen LogP contribution in [-0.4, -0.2) is 16.0 Å². The Bertz CT molecular complexity index is 494. The van der Waals surface area contributed by atoms with Crippen molar-refractivity contribution >= 4 is 0 Å². The Hall–Kier alpha value is -0.600. The van der Waals surface area contributed by atoms with Gasteiger partial charge >= 0.3 is 0 Å². The molecule has 38 heavy (non-hydrogen) atoms. The Morgan fingerprint density at radius 1 is 0.368 bits per heavy atom. The molecular weight excluding hydrogens is 464 g/mol. The van der Waals surface area contributed by atoms with Gasteiger partial charge in [-0.1, -0.05) is 167 Å². The predicted octanol–water partition coefficient (Wildman–Crippen LogP) is 12.1. The average molecular weight is 535 g/mol. The first kappa shape index (κ1) is 37.4. The van der Waals surface area contributed by atoms with Gasteiger partial charge in [-0.3, -0.25) is 0 Å². The number of hydrogen-bond donors (Lipinski definition) is 2. The average Bonchev–Trinajstić information content (AvgIpc) is 2.90. The molecule has 0 spiro atoms. The summed E-state index contributed by atoms with van der Waals surface area (Å²) in [4.78, 5) is 0. The monoisotopic (exact) mass is 535 g/mol. The van der Waals surface area contributed by atoms with Gasteiger partial charge in [-0.05, 0) is 51.0 Å². The second-order valence-electron chi connectivity index (χ2n) is 12.0. The maximum atomic E-state index is 10.2. The predicted molar refractivity (Wildman–Crippen MR) is 171 cm³/mol. The SMILES string of the molecule is CCCCCCCC/C=C\CCCCCCCC(O)(O)C=CCCCCCCCCCCCCCCCC. The van der Waals surface area contributed by atoms with E-state index < -0.39 is 5.79 Å². The zero-order valence-corrected chi connectivity index (χ0v) is 26.2. The van der Waals surface area contributed by atoms with Gasteiger partial charge < -0.3 is 10.2 Å². The van der Waals surface area contributed by atoms with Gasteiger partial charge in [-0.15, -0.1) is 0 Å². The Morgan fingerprint density at radius 3 is 1.03 bits per heavy atom. The highest BCUT2D eigenvalue weighted by atomic mass is 16.5. The third kappa shape index (κ3) is 31.6. The van der Waals surface area contributed by atoms with Gasteiger partial charge in [0.2, 0.25) is 0 Å². The van der Waals surface area contributed by atoms with Crippen molar-refractivity contribution < 1.29 is 10.2 Å². The molecule has 0 bridgehead atoms. The summed E-state index contributed by atoms with van der Waals surface area (Å²) in [5, 5.41) is 20.4. The van der Waals surface area contributed by atoms with Crippen molar-refractivity contribution in [3.8, 4) is 0 Å². The fraction of sp³-hybridized carbons (Fsp3) is 0.889. The molecule has 0 heterocycles. The fourth-order valence-electron chi connectivity index (χ4n) is 5.27. The normalized spacial score (nSPS) is 12.4. The van der Waals surface area contributed by atoms with Crippen molar-refractivity contribution in [3.05, 3.63) is 24.3 Å². The van der Waals surface area contributed by atoms with Crippen molar-refractivity contribution in [1.82, 2.24) is 0 Å². The molecule has 0 atom stereocenters. The van der Waals surface area contributed by atoms with Crippen molar-refractivity contribution in [2.45, 2.75) is 206 Å². The van der Waals surface area contributed by atoms with E-state index in [-0.39, 0.29) is 0 Å². The van der Waals surface area contributed by atoms with Crippen LogP contribution in [0, 0.1) is 0 Å². The summed E-state index contributed by atoms with van der Waals surface area (Å²) < 4.78 is 0. The van der Waals surface area contributed by atoms with Gasteiger partial charge in [-0.2, -0.15) is 0 Å². The van der Waals surface area contributed by atoms with Crippen LogP contribution in [-0.2, 0) is 0 Å². The number of rotatable bonds is 31. The first-order chi connectivity index (χ1) is 18.6. The van der Waals surface area contributed by atoms with Crippen LogP contribution in [0.5, 0.6) is 0 Å². The lowest BCUT2D eigenvalue weighted by Crippen LogP contribution is -2.24. The van der Waals surface area contributed by atoms with Crippen LogP contribution >= 0.6 is 0 Å². The van der Waals surface area contributed by atoms with E-state index in [2.05, 4.69) is 26.0 Å². The first-order valence-corrected chi connectivity index (χ1v) is 17.4. The van der Waals surface area contributed by atoms with Gasteiger partial charge in [0.05, 0.1) is 0 Å². The molecule has 0 fully saturated rings. The molecule has 0 aliphatic carbocycles. The lowest BCUT2D eigenvalue weighted by Gasteiger charge is -2.17. The maximum Gasteiger partial charge on any atom is 0.182 e. The third-order valence-electron chi connectivity index (χ3n) is 7.92. The van der Waals surface area contributed by atoms with E-state index >= 15 is 0 Å². The minimum Gasteiger partial charge on any atom is -0.362 e. The highest BCUT2D eigenvalue weighted by Gasteiger charge is 2.17. The zero-order chi connectivity index (χ0) is 27.8. The number of allylic oxidation sites excluding steroid dienone is 3. The molecule has 226 valence electrons. The summed E-state index contributed by atoms with van der Waals surface area (Å²) >= 11 is 0. The molecule has 0 radical (unpaired) electrons. The molecule has 0 aromatic carbocycles. The van der Waals surface area contributed by atoms with Gasteiger partial charge in [0.25, 0.3) is 0 Å². The summed E-state index contributed by atoms with van der Waals surface area (Å²) in [6.07, 6.45) is 45.4. The van der Waals surface area contributed by atoms with Gasteiger partial charge in [-0.25, -0.2) is 0 Å². The first-order valence-electron chi connectivity index (χ1n) is 17.4. The van der Waals surface area contributed by atoms with Crippen molar-refractivity contribution in [1.29, 1.82) is 0 Å². The van der Waals surface area contributed by atoms with Crippen molar-refractivity contribution in [2.24, 2.45) is 0 Å². The van der Waals surface area contributed by atoms with Crippen LogP contribution < -0.4 is 0 Å². The fourth-order valence-corrected chi connectivity index (χ4v) is 5.27. The van der Waals surface area contributed by atoms with Crippen LogP contribution in [0.2, 0.25) is 0 Å². The topological polar surface area (TPSA) is 40.5 Å². The van der Waals surface area contributed by atoms with Gasteiger partial charge in [0.15, 0.2) is 5.79 Å². The molecule has 0 amide bonds. The van der Waals surface area contributed by atoms with Crippen LogP contribution in [0.4, 0.5) is 0 Å². The second-order valence-corrected chi connectivity index (χ2v) is 12.0. The number of hydrogen-bond acceptors (Lipinski definition) is 2. The lowest BCUT2D eigenvalue weighted by atomic mass is 10.0. The van der Waals surface area contributed by atoms with Crippen LogP contribution in [0.25, 0.3) is 0 Å². The van der Waals surface area contributed by atoms with Gasteiger partial charge in [0.1, 0.15) is 0 Å². The Morgan fingerprint density at radius 2 is 0.658 bits per heavy atom. The van der Waals surface area contributed by atoms with Crippen LogP contribution in [0.1, 0.15) is 200 Å². The standard InChI is InChI=1S/C36H70O2/c1-3-5-7-9-11-13-15-17-19-21-23-25-27-29-31-33-35-36(37,38)34-32-30-28-26-24-22-20-18-16-14-12-10-8-6-4-2/h18,20,33,35,37-38H,3-17,19,21-32,34H2,1-2H3/b20-18-,35-33?. The molecular formula is C36H70O2. The van der Waals surface area contributed by atoms with Crippen molar-refractivity contribution in [3.63, 3.8) is 0 Å². The number of unbranched alkanes of at least 4 members (excludes halogenated alkanes) is 25. The Balaban J connectivity index is 3.39. The van der Waals surface area contributed by atoms with E-state index in [1.807, 2.05) is 6.08 Å². The third-order valence-corrected chi connectivity index (χ3v) is 7.92. The molecule has 0 saturated carbocycles. The van der Waals surface area contributed by atoms with E-state index in [4.69, 9.17) is 0 Å². The van der Waals surface area contributed by atoms with E-state index in [9.17, 15) is 10.2 Å². The van der Waals surface area contributed by atoms with Gasteiger partial charge in [0, 0.05) is 6.42 Å². The molecule has 0 saturated heterocycles. The zero-order valence-electron chi connectivity index (χ0n) is 26.2. The Kier molecular flexibility index (Phi) is 30.4. The molecule has 0 rings (SSSR count). The van der Waals surface area contributed by atoms with E-state index in [0.29, 0.717) is 6.42 Å². The minimum atomic E-state index is -1.62. The maximum absolute atomic E-state index is 10.2. The highest BCUT2D eigenvalue weighted by Crippen LogP contribution is 2.17. The van der Waals surface area contributed by atoms with E-state index in [1.54, 1.807) is 6.08 Å². The molecule has 0 aliphatic heterocycles. The minimum absolute atomic E-state index is 0.459.